The zero-order valence-corrected chi connectivity index (χ0v) is 16.1. The third-order valence-electron chi connectivity index (χ3n) is 5.32. The smallest absolute Gasteiger partial charge is 0.339 e. The molecule has 140 valence electrons. The number of nitrogens with one attached hydrogen (secondary N) is 1. The van der Waals surface area contributed by atoms with E-state index < -0.39 is 10.1 Å². The summed E-state index contributed by atoms with van der Waals surface area (Å²) >= 11 is 0. The number of rotatable bonds is 4. The van der Waals surface area contributed by atoms with Gasteiger partial charge < -0.3 is 9.50 Å². The quantitative estimate of drug-likeness (QED) is 0.681. The molecule has 0 radical (unpaired) electrons. The van der Waals surface area contributed by atoms with E-state index >= 15 is 0 Å². The van der Waals surface area contributed by atoms with Gasteiger partial charge in [0, 0.05) is 5.39 Å². The minimum Gasteiger partial charge on any atom is -0.379 e. The van der Waals surface area contributed by atoms with Gasteiger partial charge in [-0.1, -0.05) is 48.5 Å². The SMILES string of the molecule is Cc1c(OS(=O)(=O)c2cccc3ccccc23)cccc1C1CCNCC1. The highest BCUT2D eigenvalue weighted by Crippen LogP contribution is 2.34. The normalized spacial score (nSPS) is 15.7. The average molecular weight is 381 g/mol. The maximum absolute atomic E-state index is 13.0. The van der Waals surface area contributed by atoms with Gasteiger partial charge >= 0.3 is 10.1 Å². The zero-order chi connectivity index (χ0) is 18.9. The third kappa shape index (κ3) is 3.57. The van der Waals surface area contributed by atoms with Crippen molar-refractivity contribution in [1.29, 1.82) is 0 Å². The van der Waals surface area contributed by atoms with E-state index in [4.69, 9.17) is 4.18 Å². The molecule has 0 atom stereocenters. The number of fused-ring (bicyclic) bond motifs is 1. The van der Waals surface area contributed by atoms with E-state index in [-0.39, 0.29) is 4.90 Å². The van der Waals surface area contributed by atoms with E-state index in [9.17, 15) is 8.42 Å². The van der Waals surface area contributed by atoms with Crippen molar-refractivity contribution in [1.82, 2.24) is 5.32 Å². The van der Waals surface area contributed by atoms with Crippen LogP contribution in [-0.2, 0) is 10.1 Å². The first-order valence-electron chi connectivity index (χ1n) is 9.29. The van der Waals surface area contributed by atoms with Crippen LogP contribution in [0.25, 0.3) is 10.8 Å². The highest BCUT2D eigenvalue weighted by atomic mass is 32.2. The summed E-state index contributed by atoms with van der Waals surface area (Å²) in [6, 6.07) is 18.4. The highest BCUT2D eigenvalue weighted by Gasteiger charge is 2.23. The summed E-state index contributed by atoms with van der Waals surface area (Å²) in [6.07, 6.45) is 2.11. The van der Waals surface area contributed by atoms with Gasteiger partial charge in [-0.2, -0.15) is 8.42 Å². The van der Waals surface area contributed by atoms with Gasteiger partial charge in [0.2, 0.25) is 0 Å². The molecule has 0 unspecified atom stereocenters. The summed E-state index contributed by atoms with van der Waals surface area (Å²) in [6.45, 7) is 3.93. The van der Waals surface area contributed by atoms with Crippen molar-refractivity contribution in [2.45, 2.75) is 30.6 Å². The van der Waals surface area contributed by atoms with Gasteiger partial charge in [-0.05, 0) is 67.4 Å². The Labute approximate surface area is 160 Å². The molecule has 5 heteroatoms. The van der Waals surface area contributed by atoms with Crippen LogP contribution < -0.4 is 9.50 Å². The van der Waals surface area contributed by atoms with Crippen LogP contribution >= 0.6 is 0 Å². The fraction of sp³-hybridized carbons (Fsp3) is 0.273. The van der Waals surface area contributed by atoms with Crippen LogP contribution in [-0.4, -0.2) is 21.5 Å². The molecular weight excluding hydrogens is 358 g/mol. The molecule has 1 aliphatic rings. The van der Waals surface area contributed by atoms with E-state index in [0.29, 0.717) is 17.1 Å². The monoisotopic (exact) mass is 381 g/mol. The first-order chi connectivity index (χ1) is 13.1. The molecule has 0 aromatic heterocycles. The summed E-state index contributed by atoms with van der Waals surface area (Å²) in [7, 11) is -3.92. The Morgan fingerprint density at radius 1 is 0.926 bits per heavy atom. The molecule has 27 heavy (non-hydrogen) atoms. The van der Waals surface area contributed by atoms with Gasteiger partial charge in [-0.25, -0.2) is 0 Å². The summed E-state index contributed by atoms with van der Waals surface area (Å²) < 4.78 is 31.7. The van der Waals surface area contributed by atoms with Gasteiger partial charge in [0.1, 0.15) is 10.6 Å². The molecule has 0 aliphatic carbocycles. The van der Waals surface area contributed by atoms with E-state index in [1.165, 1.54) is 5.56 Å². The molecule has 4 nitrogen and oxygen atoms in total. The molecule has 1 heterocycles. The van der Waals surface area contributed by atoms with E-state index in [1.54, 1.807) is 18.2 Å². The second-order valence-corrected chi connectivity index (χ2v) is 8.52. The Kier molecular flexibility index (Phi) is 4.89. The van der Waals surface area contributed by atoms with Gasteiger partial charge in [-0.3, -0.25) is 0 Å². The molecule has 0 saturated carbocycles. The van der Waals surface area contributed by atoms with Gasteiger partial charge in [0.15, 0.2) is 0 Å². The lowest BCUT2D eigenvalue weighted by Gasteiger charge is -2.25. The van der Waals surface area contributed by atoms with Crippen molar-refractivity contribution in [3.05, 3.63) is 71.8 Å². The van der Waals surface area contributed by atoms with Crippen LogP contribution in [0.15, 0.2) is 65.6 Å². The first kappa shape index (κ1) is 18.0. The molecule has 1 aliphatic heterocycles. The van der Waals surface area contributed by atoms with Crippen molar-refractivity contribution in [2.75, 3.05) is 13.1 Å². The number of hydrogen-bond donors (Lipinski definition) is 1. The second kappa shape index (κ2) is 7.33. The van der Waals surface area contributed by atoms with Crippen LogP contribution in [0.5, 0.6) is 5.75 Å². The Morgan fingerprint density at radius 2 is 1.63 bits per heavy atom. The fourth-order valence-corrected chi connectivity index (χ4v) is 5.08. The van der Waals surface area contributed by atoms with Crippen molar-refractivity contribution in [3.8, 4) is 5.75 Å². The van der Waals surface area contributed by atoms with Crippen molar-refractivity contribution >= 4 is 20.9 Å². The molecule has 1 N–H and O–H groups in total. The lowest BCUT2D eigenvalue weighted by molar-refractivity contribution is 0.455. The highest BCUT2D eigenvalue weighted by molar-refractivity contribution is 7.87. The van der Waals surface area contributed by atoms with E-state index in [2.05, 4.69) is 11.4 Å². The minimum atomic E-state index is -3.92. The summed E-state index contributed by atoms with van der Waals surface area (Å²) in [4.78, 5) is 0.201. The van der Waals surface area contributed by atoms with Gasteiger partial charge in [0.25, 0.3) is 0 Å². The summed E-state index contributed by atoms with van der Waals surface area (Å²) in [5.41, 5.74) is 2.09. The van der Waals surface area contributed by atoms with Crippen LogP contribution in [0.1, 0.15) is 29.9 Å². The van der Waals surface area contributed by atoms with E-state index in [1.807, 2.05) is 43.3 Å². The fourth-order valence-electron chi connectivity index (χ4n) is 3.87. The third-order valence-corrected chi connectivity index (χ3v) is 6.62. The van der Waals surface area contributed by atoms with Gasteiger partial charge in [0.05, 0.1) is 0 Å². The molecule has 3 aromatic rings. The predicted molar refractivity (Wildman–Crippen MR) is 108 cm³/mol. The van der Waals surface area contributed by atoms with Crippen LogP contribution in [0.3, 0.4) is 0 Å². The first-order valence-corrected chi connectivity index (χ1v) is 10.7. The minimum absolute atomic E-state index is 0.201. The average Bonchev–Trinajstić information content (AvgIpc) is 2.69. The predicted octanol–water partition coefficient (Wildman–Crippen LogP) is 4.38. The zero-order valence-electron chi connectivity index (χ0n) is 15.3. The molecule has 1 fully saturated rings. The van der Waals surface area contributed by atoms with Crippen LogP contribution in [0, 0.1) is 6.92 Å². The summed E-state index contributed by atoms with van der Waals surface area (Å²) in [5, 5.41) is 4.92. The largest absolute Gasteiger partial charge is 0.379 e. The molecule has 3 aromatic carbocycles. The topological polar surface area (TPSA) is 55.4 Å². The number of hydrogen-bond acceptors (Lipinski definition) is 4. The molecule has 0 bridgehead atoms. The molecule has 1 saturated heterocycles. The lowest BCUT2D eigenvalue weighted by Crippen LogP contribution is -2.27. The molecular formula is C22H23NO3S. The Balaban J connectivity index is 1.71. The number of piperidine rings is 1. The van der Waals surface area contributed by atoms with Crippen molar-refractivity contribution in [3.63, 3.8) is 0 Å². The standard InChI is InChI=1S/C22H23NO3S/c1-16-19(18-12-14-23-15-13-18)9-5-10-21(16)26-27(24,25)22-11-4-7-17-6-2-3-8-20(17)22/h2-11,18,23H,12-15H2,1H3. The van der Waals surface area contributed by atoms with Crippen molar-refractivity contribution < 1.29 is 12.6 Å². The molecule has 4 rings (SSSR count). The maximum Gasteiger partial charge on any atom is 0.339 e. The Morgan fingerprint density at radius 3 is 2.44 bits per heavy atom. The maximum atomic E-state index is 13.0. The van der Waals surface area contributed by atoms with Crippen LogP contribution in [0.4, 0.5) is 0 Å². The lowest BCUT2D eigenvalue weighted by atomic mass is 9.87. The molecule has 0 spiro atoms. The Bertz CT molecular complexity index is 1060. The van der Waals surface area contributed by atoms with Gasteiger partial charge in [-0.15, -0.1) is 0 Å². The molecule has 0 amide bonds. The van der Waals surface area contributed by atoms with Crippen LogP contribution in [0.2, 0.25) is 0 Å². The number of benzene rings is 3. The summed E-state index contributed by atoms with van der Waals surface area (Å²) in [5.74, 6) is 0.856. The Hall–Kier alpha value is -2.37. The van der Waals surface area contributed by atoms with Crippen molar-refractivity contribution in [2.24, 2.45) is 0 Å². The van der Waals surface area contributed by atoms with E-state index in [0.717, 1.165) is 36.9 Å². The second-order valence-electron chi connectivity index (χ2n) is 7.01.